The molecule has 3 nitrogen and oxygen atoms in total. The molecule has 2 N–H and O–H groups in total. The van der Waals surface area contributed by atoms with Crippen molar-refractivity contribution in [2.75, 3.05) is 0 Å². The molecule has 0 saturated carbocycles. The van der Waals surface area contributed by atoms with E-state index in [1.165, 1.54) is 6.08 Å². The Morgan fingerprint density at radius 3 is 2.53 bits per heavy atom. The smallest absolute Gasteiger partial charge is 0.330 e. The zero-order valence-corrected chi connectivity index (χ0v) is 12.5. The molecular formula is C15H22ClNO2. The number of nitrogens with two attached hydrogens (primary N) is 1. The molecule has 0 spiro atoms. The summed E-state index contributed by atoms with van der Waals surface area (Å²) < 4.78 is 5.36. The van der Waals surface area contributed by atoms with Gasteiger partial charge in [-0.3, -0.25) is 0 Å². The second-order valence-corrected chi connectivity index (χ2v) is 4.85. The second kappa shape index (κ2) is 7.31. The van der Waals surface area contributed by atoms with Crippen LogP contribution in [0.3, 0.4) is 0 Å². The number of halogens is 1. The zero-order valence-electron chi connectivity index (χ0n) is 11.7. The minimum atomic E-state index is -0.468. The lowest BCUT2D eigenvalue weighted by Gasteiger charge is -2.26. The molecule has 0 saturated heterocycles. The van der Waals surface area contributed by atoms with Crippen LogP contribution in [0.5, 0.6) is 0 Å². The van der Waals surface area contributed by atoms with Crippen LogP contribution in [0.4, 0.5) is 0 Å². The van der Waals surface area contributed by atoms with Gasteiger partial charge < -0.3 is 10.5 Å². The summed E-state index contributed by atoms with van der Waals surface area (Å²) in [6.07, 6.45) is 1.60. The van der Waals surface area contributed by atoms with Crippen molar-refractivity contribution in [1.82, 2.24) is 0 Å². The van der Waals surface area contributed by atoms with Crippen LogP contribution in [0, 0.1) is 0 Å². The third-order valence-electron chi connectivity index (χ3n) is 2.80. The molecule has 0 aliphatic rings. The van der Waals surface area contributed by atoms with Crippen LogP contribution in [0.15, 0.2) is 36.9 Å². The third-order valence-corrected chi connectivity index (χ3v) is 2.80. The molecule has 0 fully saturated rings. The highest BCUT2D eigenvalue weighted by Gasteiger charge is 2.23. The van der Waals surface area contributed by atoms with Crippen molar-refractivity contribution in [1.29, 1.82) is 0 Å². The van der Waals surface area contributed by atoms with E-state index in [9.17, 15) is 4.79 Å². The zero-order chi connectivity index (χ0) is 13.8. The number of carbonyl (C=O) groups excluding carboxylic acids is 1. The summed E-state index contributed by atoms with van der Waals surface area (Å²) in [6.45, 7) is 9.26. The first-order valence-corrected chi connectivity index (χ1v) is 6.11. The average Bonchev–Trinajstić information content (AvgIpc) is 2.34. The number of hydrogen-bond donors (Lipinski definition) is 1. The van der Waals surface area contributed by atoms with Crippen molar-refractivity contribution in [3.05, 3.63) is 48.0 Å². The third kappa shape index (κ3) is 4.69. The Morgan fingerprint density at radius 1 is 1.47 bits per heavy atom. The first-order valence-electron chi connectivity index (χ1n) is 6.11. The maximum absolute atomic E-state index is 11.3. The van der Waals surface area contributed by atoms with Crippen molar-refractivity contribution in [3.63, 3.8) is 0 Å². The summed E-state index contributed by atoms with van der Waals surface area (Å²) in [4.78, 5) is 11.3. The van der Waals surface area contributed by atoms with Crippen LogP contribution in [0.1, 0.15) is 44.4 Å². The first-order chi connectivity index (χ1) is 8.40. The van der Waals surface area contributed by atoms with E-state index in [2.05, 4.69) is 6.58 Å². The molecule has 106 valence electrons. The molecule has 1 rings (SSSR count). The Kier molecular flexibility index (Phi) is 6.81. The fourth-order valence-corrected chi connectivity index (χ4v) is 1.92. The van der Waals surface area contributed by atoms with E-state index < -0.39 is 11.5 Å². The second-order valence-electron chi connectivity index (χ2n) is 4.85. The quantitative estimate of drug-likeness (QED) is 0.665. The maximum Gasteiger partial charge on any atom is 0.330 e. The largest absolute Gasteiger partial charge is 0.454 e. The summed E-state index contributed by atoms with van der Waals surface area (Å²) in [5, 5.41) is 0. The van der Waals surface area contributed by atoms with Gasteiger partial charge in [0.25, 0.3) is 0 Å². The van der Waals surface area contributed by atoms with E-state index in [0.717, 1.165) is 11.1 Å². The topological polar surface area (TPSA) is 52.3 Å². The first kappa shape index (κ1) is 17.7. The molecule has 0 heterocycles. The Hall–Kier alpha value is -1.32. The van der Waals surface area contributed by atoms with Crippen molar-refractivity contribution < 1.29 is 9.53 Å². The van der Waals surface area contributed by atoms with E-state index >= 15 is 0 Å². The van der Waals surface area contributed by atoms with Gasteiger partial charge in [0.05, 0.1) is 0 Å². The van der Waals surface area contributed by atoms with Crippen LogP contribution in [-0.4, -0.2) is 5.97 Å². The molecule has 0 aromatic heterocycles. The van der Waals surface area contributed by atoms with E-state index in [4.69, 9.17) is 10.5 Å². The molecule has 0 bridgehead atoms. The Balaban J connectivity index is 0.00000324. The van der Waals surface area contributed by atoms with Gasteiger partial charge in [-0.25, -0.2) is 4.79 Å². The van der Waals surface area contributed by atoms with E-state index in [0.29, 0.717) is 6.42 Å². The van der Waals surface area contributed by atoms with Gasteiger partial charge in [-0.2, -0.15) is 0 Å². The number of rotatable bonds is 5. The standard InChI is InChI=1S/C15H21NO2.ClH/c1-5-13(18-14(17)6-2)11-9-7-8-10-12(11)15(3,4)16;/h6-10,13H,2,5,16H2,1,3-4H3;1H. The van der Waals surface area contributed by atoms with Crippen molar-refractivity contribution in [2.45, 2.75) is 38.8 Å². The van der Waals surface area contributed by atoms with Crippen LogP contribution in [-0.2, 0) is 15.1 Å². The lowest BCUT2D eigenvalue weighted by molar-refractivity contribution is -0.143. The van der Waals surface area contributed by atoms with E-state index in [1.54, 1.807) is 0 Å². The van der Waals surface area contributed by atoms with Crippen LogP contribution >= 0.6 is 12.4 Å². The predicted octanol–water partition coefficient (Wildman–Crippen LogP) is 3.48. The normalized spacial score (nSPS) is 12.2. The lowest BCUT2D eigenvalue weighted by Crippen LogP contribution is -2.31. The Bertz CT molecular complexity index is 438. The van der Waals surface area contributed by atoms with Gasteiger partial charge in [0.1, 0.15) is 6.10 Å². The fraction of sp³-hybridized carbons (Fsp3) is 0.400. The SMILES string of the molecule is C=CC(=O)OC(CC)c1ccccc1C(C)(C)N.Cl. The molecule has 0 amide bonds. The average molecular weight is 284 g/mol. The van der Waals surface area contributed by atoms with Gasteiger partial charge in [0, 0.05) is 11.6 Å². The highest BCUT2D eigenvalue weighted by Crippen LogP contribution is 2.30. The highest BCUT2D eigenvalue weighted by atomic mass is 35.5. The van der Waals surface area contributed by atoms with Crippen molar-refractivity contribution in [2.24, 2.45) is 5.73 Å². The molecule has 0 aliphatic carbocycles. The molecule has 1 unspecified atom stereocenters. The minimum Gasteiger partial charge on any atom is -0.454 e. The molecular weight excluding hydrogens is 262 g/mol. The molecule has 0 aliphatic heterocycles. The summed E-state index contributed by atoms with van der Waals surface area (Å²) in [7, 11) is 0. The van der Waals surface area contributed by atoms with Crippen molar-refractivity contribution in [3.8, 4) is 0 Å². The predicted molar refractivity (Wildman–Crippen MR) is 80.2 cm³/mol. The molecule has 19 heavy (non-hydrogen) atoms. The molecule has 1 aromatic rings. The highest BCUT2D eigenvalue weighted by molar-refractivity contribution is 5.85. The molecule has 1 aromatic carbocycles. The summed E-state index contributed by atoms with van der Waals surface area (Å²) >= 11 is 0. The van der Waals surface area contributed by atoms with Gasteiger partial charge in [-0.1, -0.05) is 37.8 Å². The number of carbonyl (C=O) groups is 1. The number of benzene rings is 1. The van der Waals surface area contributed by atoms with Crippen molar-refractivity contribution >= 4 is 18.4 Å². The Labute approximate surface area is 121 Å². The van der Waals surface area contributed by atoms with Gasteiger partial charge in [0.2, 0.25) is 0 Å². The minimum absolute atomic E-state index is 0. The van der Waals surface area contributed by atoms with Crippen LogP contribution < -0.4 is 5.73 Å². The van der Waals surface area contributed by atoms with Gasteiger partial charge in [-0.05, 0) is 31.4 Å². The van der Waals surface area contributed by atoms with Gasteiger partial charge in [0.15, 0.2) is 0 Å². The van der Waals surface area contributed by atoms with Crippen LogP contribution in [0.25, 0.3) is 0 Å². The van der Waals surface area contributed by atoms with Gasteiger partial charge >= 0.3 is 5.97 Å². The monoisotopic (exact) mass is 283 g/mol. The molecule has 0 radical (unpaired) electrons. The summed E-state index contributed by atoms with van der Waals surface area (Å²) in [5.41, 5.74) is 7.64. The summed E-state index contributed by atoms with van der Waals surface area (Å²) in [5.74, 6) is -0.411. The van der Waals surface area contributed by atoms with Crippen LogP contribution in [0.2, 0.25) is 0 Å². The number of esters is 1. The number of ether oxygens (including phenoxy) is 1. The Morgan fingerprint density at radius 2 is 2.05 bits per heavy atom. The lowest BCUT2D eigenvalue weighted by atomic mass is 9.88. The molecule has 1 atom stereocenters. The molecule has 4 heteroatoms. The van der Waals surface area contributed by atoms with E-state index in [1.807, 2.05) is 45.0 Å². The maximum atomic E-state index is 11.3. The number of hydrogen-bond acceptors (Lipinski definition) is 3. The van der Waals surface area contributed by atoms with Gasteiger partial charge in [-0.15, -0.1) is 12.4 Å². The van der Waals surface area contributed by atoms with E-state index in [-0.39, 0.29) is 18.5 Å². The fourth-order valence-electron chi connectivity index (χ4n) is 1.92. The summed E-state index contributed by atoms with van der Waals surface area (Å²) in [6, 6.07) is 7.79.